The minimum atomic E-state index is -0.553. The van der Waals surface area contributed by atoms with E-state index in [0.29, 0.717) is 47.0 Å². The summed E-state index contributed by atoms with van der Waals surface area (Å²) >= 11 is 0. The van der Waals surface area contributed by atoms with Gasteiger partial charge >= 0.3 is 0 Å². The molecule has 3 atom stereocenters. The van der Waals surface area contributed by atoms with Crippen LogP contribution in [0, 0.1) is 0 Å². The molecule has 1 unspecified atom stereocenters. The van der Waals surface area contributed by atoms with E-state index >= 15 is 0 Å². The van der Waals surface area contributed by atoms with Crippen LogP contribution in [0.2, 0.25) is 0 Å². The van der Waals surface area contributed by atoms with E-state index in [4.69, 9.17) is 9.40 Å². The zero-order valence-corrected chi connectivity index (χ0v) is 29.1. The molecule has 0 aliphatic carbocycles. The van der Waals surface area contributed by atoms with Gasteiger partial charge in [0, 0.05) is 28.8 Å². The molecule has 0 saturated carbocycles. The number of nitrogens with one attached hydrogen (secondary N) is 3. The smallest absolute Gasteiger partial charge is 0.247 e. The molecule has 0 spiro atoms. The molecule has 1 aliphatic heterocycles. The molecule has 3 N–H and O–H groups in total. The Labute approximate surface area is 296 Å². The van der Waals surface area contributed by atoms with Crippen LogP contribution in [0.1, 0.15) is 36.1 Å². The van der Waals surface area contributed by atoms with Crippen LogP contribution in [0.5, 0.6) is 0 Å². The summed E-state index contributed by atoms with van der Waals surface area (Å²) in [5.74, 6) is -0.0268. The molecule has 51 heavy (non-hydrogen) atoms. The second-order valence-electron chi connectivity index (χ2n) is 13.4. The Balaban J connectivity index is 1.05. The summed E-state index contributed by atoms with van der Waals surface area (Å²) in [6, 6.07) is 30.8. The number of rotatable bonds is 10. The number of H-pyrrole nitrogens is 1. The van der Waals surface area contributed by atoms with Crippen molar-refractivity contribution in [3.05, 3.63) is 114 Å². The van der Waals surface area contributed by atoms with Crippen LogP contribution in [0.4, 0.5) is 11.4 Å². The van der Waals surface area contributed by atoms with Gasteiger partial charge in [-0.25, -0.2) is 4.98 Å². The summed E-state index contributed by atoms with van der Waals surface area (Å²) < 4.78 is 6.09. The number of nitrogens with zero attached hydrogens (tertiary/aromatic N) is 4. The molecule has 3 heterocycles. The first-order chi connectivity index (χ1) is 24.7. The fourth-order valence-corrected chi connectivity index (χ4v) is 6.96. The Kier molecular flexibility index (Phi) is 9.40. The fourth-order valence-electron chi connectivity index (χ4n) is 6.96. The van der Waals surface area contributed by atoms with E-state index in [-0.39, 0.29) is 17.7 Å². The lowest BCUT2D eigenvalue weighted by Crippen LogP contribution is -2.47. The summed E-state index contributed by atoms with van der Waals surface area (Å²) in [6.07, 6.45) is 1.37. The van der Waals surface area contributed by atoms with Crippen molar-refractivity contribution in [1.82, 2.24) is 24.7 Å². The van der Waals surface area contributed by atoms with Crippen molar-refractivity contribution in [3.8, 4) is 11.6 Å². The SMILES string of the molecule is CN(C)C(C(=O)Nc1ccc2oc(-c3cc4cc(NC(=O)[C@@H]5CCCN5C(=O)[C@@H](c5ccccc5)N(C)C)ccc4[nH]3)nc2c1)c1ccccc1. The second-order valence-corrected chi connectivity index (χ2v) is 13.4. The maximum absolute atomic E-state index is 13.8. The number of aromatic amines is 1. The first-order valence-electron chi connectivity index (χ1n) is 17.0. The summed E-state index contributed by atoms with van der Waals surface area (Å²) in [5, 5.41) is 6.94. The number of aromatic nitrogens is 2. The van der Waals surface area contributed by atoms with Gasteiger partial charge in [0.25, 0.3) is 0 Å². The lowest BCUT2D eigenvalue weighted by atomic mass is 10.0. The molecule has 1 fully saturated rings. The highest BCUT2D eigenvalue weighted by molar-refractivity contribution is 6.00. The summed E-state index contributed by atoms with van der Waals surface area (Å²) in [5.41, 5.74) is 5.77. The van der Waals surface area contributed by atoms with Gasteiger partial charge in [0.2, 0.25) is 23.6 Å². The minimum Gasteiger partial charge on any atom is -0.435 e. The first-order valence-corrected chi connectivity index (χ1v) is 17.0. The summed E-state index contributed by atoms with van der Waals surface area (Å²) in [4.78, 5) is 54.2. The Morgan fingerprint density at radius 2 is 1.45 bits per heavy atom. The topological polar surface area (TPSA) is 127 Å². The lowest BCUT2D eigenvalue weighted by Gasteiger charge is -2.31. The van der Waals surface area contributed by atoms with E-state index in [1.807, 2.05) is 123 Å². The summed E-state index contributed by atoms with van der Waals surface area (Å²) in [6.45, 7) is 0.539. The van der Waals surface area contributed by atoms with Crippen molar-refractivity contribution in [1.29, 1.82) is 0 Å². The maximum atomic E-state index is 13.8. The van der Waals surface area contributed by atoms with Crippen molar-refractivity contribution in [2.45, 2.75) is 31.0 Å². The van der Waals surface area contributed by atoms with Gasteiger partial charge in [-0.15, -0.1) is 0 Å². The maximum Gasteiger partial charge on any atom is 0.247 e. The van der Waals surface area contributed by atoms with Crippen LogP contribution in [0.15, 0.2) is 108 Å². The third kappa shape index (κ3) is 6.99. The molecular weight excluding hydrogens is 642 g/mol. The number of amides is 3. The van der Waals surface area contributed by atoms with E-state index in [2.05, 4.69) is 15.6 Å². The van der Waals surface area contributed by atoms with Gasteiger partial charge in [-0.2, -0.15) is 0 Å². The average molecular weight is 684 g/mol. The quantitative estimate of drug-likeness (QED) is 0.152. The molecule has 0 radical (unpaired) electrons. The normalized spacial score (nSPS) is 15.8. The van der Waals surface area contributed by atoms with Crippen LogP contribution in [-0.2, 0) is 14.4 Å². The summed E-state index contributed by atoms with van der Waals surface area (Å²) in [7, 11) is 7.52. The highest BCUT2D eigenvalue weighted by atomic mass is 16.3. The van der Waals surface area contributed by atoms with E-state index in [1.165, 1.54) is 0 Å². The molecule has 260 valence electrons. The highest BCUT2D eigenvalue weighted by Gasteiger charge is 2.38. The van der Waals surface area contributed by atoms with Crippen molar-refractivity contribution in [2.75, 3.05) is 45.4 Å². The number of oxazole rings is 1. The lowest BCUT2D eigenvalue weighted by molar-refractivity contribution is -0.140. The Bertz CT molecular complexity index is 2190. The first kappa shape index (κ1) is 33.7. The molecule has 1 aliphatic rings. The number of likely N-dealkylation sites (N-methyl/N-ethyl adjacent to an activating group) is 2. The van der Waals surface area contributed by atoms with E-state index < -0.39 is 18.1 Å². The molecule has 11 heteroatoms. The molecule has 6 aromatic rings. The molecule has 0 bridgehead atoms. The van der Waals surface area contributed by atoms with Crippen molar-refractivity contribution in [2.24, 2.45) is 0 Å². The van der Waals surface area contributed by atoms with Crippen molar-refractivity contribution in [3.63, 3.8) is 0 Å². The standard InChI is InChI=1S/C40H41N7O4/c1-45(2)35(25-12-7-5-8-13-25)38(49)42-29-18-20-34-31(24-29)44-39(51-34)32-23-27-22-28(17-19-30(27)43-32)41-37(48)33-16-11-21-47(33)40(50)36(46(3)4)26-14-9-6-10-15-26/h5-10,12-15,17-20,22-24,33,35-36,43H,11,16,21H2,1-4H3,(H,41,48)(H,42,49)/t33-,35?,36+/m0/s1. The third-order valence-corrected chi connectivity index (χ3v) is 9.36. The molecule has 7 rings (SSSR count). The third-order valence-electron chi connectivity index (χ3n) is 9.36. The average Bonchev–Trinajstić information content (AvgIpc) is 3.87. The van der Waals surface area contributed by atoms with Crippen LogP contribution in [-0.4, -0.2) is 83.2 Å². The zero-order valence-electron chi connectivity index (χ0n) is 29.1. The van der Waals surface area contributed by atoms with Gasteiger partial charge in [0.1, 0.15) is 29.3 Å². The second kappa shape index (κ2) is 14.2. The Hall–Kier alpha value is -5.78. The van der Waals surface area contributed by atoms with Gasteiger partial charge in [0.05, 0.1) is 0 Å². The van der Waals surface area contributed by atoms with E-state index in [0.717, 1.165) is 28.5 Å². The number of hydrogen-bond acceptors (Lipinski definition) is 7. The van der Waals surface area contributed by atoms with Gasteiger partial charge < -0.3 is 24.9 Å². The van der Waals surface area contributed by atoms with Crippen LogP contribution < -0.4 is 10.6 Å². The zero-order chi connectivity index (χ0) is 35.6. The van der Waals surface area contributed by atoms with Gasteiger partial charge in [-0.3, -0.25) is 24.2 Å². The van der Waals surface area contributed by atoms with Gasteiger partial charge in [-0.05, 0) is 94.6 Å². The van der Waals surface area contributed by atoms with Crippen LogP contribution >= 0.6 is 0 Å². The largest absolute Gasteiger partial charge is 0.435 e. The van der Waals surface area contributed by atoms with E-state index in [9.17, 15) is 14.4 Å². The van der Waals surface area contributed by atoms with E-state index in [1.54, 1.807) is 23.1 Å². The van der Waals surface area contributed by atoms with Gasteiger partial charge in [-0.1, -0.05) is 60.7 Å². The predicted molar refractivity (Wildman–Crippen MR) is 199 cm³/mol. The number of benzene rings is 4. The van der Waals surface area contributed by atoms with Crippen molar-refractivity contribution < 1.29 is 18.8 Å². The number of fused-ring (bicyclic) bond motifs is 2. The highest BCUT2D eigenvalue weighted by Crippen LogP contribution is 2.31. The number of carbonyl (C=O) groups is 3. The Morgan fingerprint density at radius 3 is 2.14 bits per heavy atom. The fraction of sp³-hybridized carbons (Fsp3) is 0.250. The Morgan fingerprint density at radius 1 is 0.804 bits per heavy atom. The molecule has 1 saturated heterocycles. The molecular formula is C40H41N7O4. The number of carbonyl (C=O) groups excluding carboxylic acids is 3. The molecule has 4 aromatic carbocycles. The number of hydrogen-bond donors (Lipinski definition) is 3. The predicted octanol–water partition coefficient (Wildman–Crippen LogP) is 6.45. The monoisotopic (exact) mass is 683 g/mol. The molecule has 3 amide bonds. The van der Waals surface area contributed by atoms with Gasteiger partial charge in [0.15, 0.2) is 5.58 Å². The van der Waals surface area contributed by atoms with Crippen molar-refractivity contribution >= 4 is 51.1 Å². The number of anilines is 2. The van der Waals surface area contributed by atoms with Crippen LogP contribution in [0.25, 0.3) is 33.6 Å². The minimum absolute atomic E-state index is 0.0765. The molecule has 2 aromatic heterocycles. The number of likely N-dealkylation sites (tertiary alicyclic amines) is 1. The molecule has 11 nitrogen and oxygen atoms in total. The van der Waals surface area contributed by atoms with Crippen LogP contribution in [0.3, 0.4) is 0 Å².